The molecule has 0 amide bonds. The Hall–Kier alpha value is -1.16. The van der Waals surface area contributed by atoms with E-state index in [9.17, 15) is 0 Å². The van der Waals surface area contributed by atoms with E-state index in [1.807, 2.05) is 30.9 Å². The summed E-state index contributed by atoms with van der Waals surface area (Å²) in [6.45, 7) is 1.66. The van der Waals surface area contributed by atoms with Crippen molar-refractivity contribution in [3.63, 3.8) is 0 Å². The predicted octanol–water partition coefficient (Wildman–Crippen LogP) is 4.29. The van der Waals surface area contributed by atoms with E-state index >= 15 is 0 Å². The van der Waals surface area contributed by atoms with Gasteiger partial charge in [-0.3, -0.25) is 0 Å². The molecule has 0 unspecified atom stereocenters. The molecule has 2 aromatic rings. The second-order valence-electron chi connectivity index (χ2n) is 5.12. The lowest BCUT2D eigenvalue weighted by Gasteiger charge is -2.09. The van der Waals surface area contributed by atoms with Crippen molar-refractivity contribution >= 4 is 23.4 Å². The second-order valence-corrected chi connectivity index (χ2v) is 6.60. The first-order chi connectivity index (χ1) is 10.3. The van der Waals surface area contributed by atoms with Gasteiger partial charge in [0.25, 0.3) is 0 Å². The fourth-order valence-corrected chi connectivity index (χ4v) is 3.77. The third kappa shape index (κ3) is 3.54. The smallest absolute Gasteiger partial charge is 0.126 e. The van der Waals surface area contributed by atoms with E-state index < -0.39 is 0 Å². The van der Waals surface area contributed by atoms with E-state index in [0.29, 0.717) is 0 Å². The normalized spacial score (nSPS) is 13.0. The van der Waals surface area contributed by atoms with Crippen LogP contribution in [0.25, 0.3) is 0 Å². The molecule has 2 aromatic carbocycles. The summed E-state index contributed by atoms with van der Waals surface area (Å²) in [5, 5.41) is 3.98. The van der Waals surface area contributed by atoms with Crippen LogP contribution in [0.15, 0.2) is 41.3 Å². The molecule has 4 heteroatoms. The number of fused-ring (bicyclic) bond motifs is 1. The lowest BCUT2D eigenvalue weighted by molar-refractivity contribution is 0.354. The van der Waals surface area contributed by atoms with E-state index in [-0.39, 0.29) is 0 Å². The molecule has 1 heterocycles. The second kappa shape index (κ2) is 6.73. The van der Waals surface area contributed by atoms with Gasteiger partial charge < -0.3 is 10.1 Å². The van der Waals surface area contributed by atoms with Crippen LogP contribution in [0.5, 0.6) is 5.75 Å². The highest BCUT2D eigenvalue weighted by Crippen LogP contribution is 2.36. The molecule has 1 aliphatic heterocycles. The average molecular weight is 320 g/mol. The fraction of sp³-hybridized carbons (Fsp3) is 0.294. The molecule has 21 heavy (non-hydrogen) atoms. The molecule has 0 saturated carbocycles. The van der Waals surface area contributed by atoms with Crippen molar-refractivity contribution in [2.45, 2.75) is 23.6 Å². The van der Waals surface area contributed by atoms with Crippen molar-refractivity contribution in [1.82, 2.24) is 5.32 Å². The van der Waals surface area contributed by atoms with Gasteiger partial charge in [-0.05, 0) is 42.4 Å². The zero-order valence-electron chi connectivity index (χ0n) is 12.0. The molecule has 0 fully saturated rings. The van der Waals surface area contributed by atoms with Gasteiger partial charge in [0.1, 0.15) is 5.75 Å². The van der Waals surface area contributed by atoms with Crippen LogP contribution in [0.1, 0.15) is 16.7 Å². The number of thioether (sulfide) groups is 1. The zero-order valence-corrected chi connectivity index (χ0v) is 13.6. The Morgan fingerprint density at radius 2 is 2.19 bits per heavy atom. The molecule has 0 bridgehead atoms. The summed E-state index contributed by atoms with van der Waals surface area (Å²) in [4.78, 5) is 1.27. The topological polar surface area (TPSA) is 21.3 Å². The van der Waals surface area contributed by atoms with Crippen LogP contribution in [-0.4, -0.2) is 13.7 Å². The lowest BCUT2D eigenvalue weighted by Crippen LogP contribution is -2.04. The van der Waals surface area contributed by atoms with Crippen LogP contribution in [0.4, 0.5) is 0 Å². The number of rotatable bonds is 5. The molecule has 0 radical (unpaired) electrons. The van der Waals surface area contributed by atoms with E-state index in [4.69, 9.17) is 16.3 Å². The summed E-state index contributed by atoms with van der Waals surface area (Å²) in [6, 6.07) is 12.7. The maximum absolute atomic E-state index is 6.20. The Morgan fingerprint density at radius 1 is 1.29 bits per heavy atom. The Bertz CT molecular complexity index is 645. The molecule has 1 N–H and O–H groups in total. The summed E-state index contributed by atoms with van der Waals surface area (Å²) < 4.78 is 5.75. The standard InChI is InChI=1S/C17H18ClNOS/c1-19-10-12-3-2-4-16(7-12)21-11-14-9-15(18)8-13-5-6-20-17(13)14/h2-4,7-9,19H,5-6,10-11H2,1H3. The average Bonchev–Trinajstić information content (AvgIpc) is 2.93. The molecule has 0 saturated heterocycles. The minimum atomic E-state index is 0.769. The van der Waals surface area contributed by atoms with Crippen molar-refractivity contribution in [3.05, 3.63) is 58.1 Å². The molecule has 2 nitrogen and oxygen atoms in total. The van der Waals surface area contributed by atoms with Gasteiger partial charge in [0.2, 0.25) is 0 Å². The highest BCUT2D eigenvalue weighted by atomic mass is 35.5. The monoisotopic (exact) mass is 319 g/mol. The molecule has 1 aliphatic rings. The SMILES string of the molecule is CNCc1cccc(SCc2cc(Cl)cc3c2OCC3)c1. The first-order valence-electron chi connectivity index (χ1n) is 7.06. The van der Waals surface area contributed by atoms with Crippen molar-refractivity contribution in [1.29, 1.82) is 0 Å². The third-order valence-corrected chi connectivity index (χ3v) is 4.76. The number of hydrogen-bond acceptors (Lipinski definition) is 3. The van der Waals surface area contributed by atoms with E-state index in [1.165, 1.54) is 21.6 Å². The van der Waals surface area contributed by atoms with Crippen LogP contribution >= 0.6 is 23.4 Å². The van der Waals surface area contributed by atoms with Crippen molar-refractivity contribution in [3.8, 4) is 5.75 Å². The van der Waals surface area contributed by atoms with Gasteiger partial charge >= 0.3 is 0 Å². The summed E-state index contributed by atoms with van der Waals surface area (Å²) in [5.74, 6) is 1.92. The molecular weight excluding hydrogens is 302 g/mol. The van der Waals surface area contributed by atoms with Crippen LogP contribution in [-0.2, 0) is 18.7 Å². The van der Waals surface area contributed by atoms with Crippen molar-refractivity contribution in [2.75, 3.05) is 13.7 Å². The largest absolute Gasteiger partial charge is 0.493 e. The fourth-order valence-electron chi connectivity index (χ4n) is 2.56. The molecule has 0 aromatic heterocycles. The van der Waals surface area contributed by atoms with Gasteiger partial charge in [0, 0.05) is 34.2 Å². The van der Waals surface area contributed by atoms with E-state index in [0.717, 1.165) is 36.1 Å². The number of ether oxygens (including phenoxy) is 1. The number of nitrogens with one attached hydrogen (secondary N) is 1. The minimum Gasteiger partial charge on any atom is -0.493 e. The minimum absolute atomic E-state index is 0.769. The molecule has 0 atom stereocenters. The maximum atomic E-state index is 6.20. The van der Waals surface area contributed by atoms with Gasteiger partial charge in [-0.1, -0.05) is 23.7 Å². The Balaban J connectivity index is 1.75. The van der Waals surface area contributed by atoms with E-state index in [1.54, 1.807) is 0 Å². The predicted molar refractivity (Wildman–Crippen MR) is 89.4 cm³/mol. The highest BCUT2D eigenvalue weighted by Gasteiger charge is 2.17. The molecular formula is C17H18ClNOS. The number of benzene rings is 2. The number of halogens is 1. The Morgan fingerprint density at radius 3 is 3.05 bits per heavy atom. The summed E-state index contributed by atoms with van der Waals surface area (Å²) >= 11 is 8.03. The first kappa shape index (κ1) is 14.8. The van der Waals surface area contributed by atoms with Gasteiger partial charge in [0.05, 0.1) is 6.61 Å². The van der Waals surface area contributed by atoms with Crippen LogP contribution in [0, 0.1) is 0 Å². The summed E-state index contributed by atoms with van der Waals surface area (Å²) in [7, 11) is 1.96. The van der Waals surface area contributed by atoms with Crippen molar-refractivity contribution < 1.29 is 4.74 Å². The zero-order chi connectivity index (χ0) is 14.7. The van der Waals surface area contributed by atoms with Gasteiger partial charge in [-0.2, -0.15) is 0 Å². The summed E-state index contributed by atoms with van der Waals surface area (Å²) in [5.41, 5.74) is 3.73. The van der Waals surface area contributed by atoms with Gasteiger partial charge in [-0.15, -0.1) is 11.8 Å². The van der Waals surface area contributed by atoms with Gasteiger partial charge in [-0.25, -0.2) is 0 Å². The van der Waals surface area contributed by atoms with Crippen LogP contribution in [0.3, 0.4) is 0 Å². The quantitative estimate of drug-likeness (QED) is 0.831. The lowest BCUT2D eigenvalue weighted by atomic mass is 10.1. The molecule has 110 valence electrons. The Kier molecular flexibility index (Phi) is 4.73. The van der Waals surface area contributed by atoms with E-state index in [2.05, 4.69) is 29.6 Å². The first-order valence-corrected chi connectivity index (χ1v) is 8.43. The Labute approximate surface area is 134 Å². The molecule has 0 spiro atoms. The van der Waals surface area contributed by atoms with Gasteiger partial charge in [0.15, 0.2) is 0 Å². The van der Waals surface area contributed by atoms with Crippen LogP contribution in [0.2, 0.25) is 5.02 Å². The number of hydrogen-bond donors (Lipinski definition) is 1. The maximum Gasteiger partial charge on any atom is 0.126 e. The van der Waals surface area contributed by atoms with Crippen molar-refractivity contribution in [2.24, 2.45) is 0 Å². The molecule has 3 rings (SSSR count). The highest BCUT2D eigenvalue weighted by molar-refractivity contribution is 7.98. The summed E-state index contributed by atoms with van der Waals surface area (Å²) in [6.07, 6.45) is 0.964. The van der Waals surface area contributed by atoms with Crippen LogP contribution < -0.4 is 10.1 Å². The molecule has 0 aliphatic carbocycles. The third-order valence-electron chi connectivity index (χ3n) is 3.50.